The van der Waals surface area contributed by atoms with Gasteiger partial charge in [0.15, 0.2) is 9.84 Å². The van der Waals surface area contributed by atoms with Crippen LogP contribution in [-0.4, -0.2) is 27.3 Å². The van der Waals surface area contributed by atoms with Crippen LogP contribution in [0.25, 0.3) is 0 Å². The van der Waals surface area contributed by atoms with E-state index < -0.39 is 9.84 Å². The highest BCUT2D eigenvalue weighted by Crippen LogP contribution is 2.28. The van der Waals surface area contributed by atoms with Crippen LogP contribution in [-0.2, 0) is 9.84 Å². The summed E-state index contributed by atoms with van der Waals surface area (Å²) in [7, 11) is -1.75. The maximum absolute atomic E-state index is 12.3. The zero-order valence-corrected chi connectivity index (χ0v) is 12.0. The number of sulfone groups is 1. The molecule has 19 heavy (non-hydrogen) atoms. The molecule has 106 valence electrons. The fourth-order valence-corrected chi connectivity index (χ4v) is 4.18. The van der Waals surface area contributed by atoms with Gasteiger partial charge in [-0.25, -0.2) is 8.42 Å². The number of methoxy groups -OCH3 is 1. The van der Waals surface area contributed by atoms with E-state index in [1.807, 2.05) is 0 Å². The molecule has 5 heteroatoms. The first-order valence-electron chi connectivity index (χ1n) is 6.65. The van der Waals surface area contributed by atoms with E-state index in [4.69, 9.17) is 10.5 Å². The summed E-state index contributed by atoms with van der Waals surface area (Å²) in [5.74, 6) is 1.04. The summed E-state index contributed by atoms with van der Waals surface area (Å²) >= 11 is 0. The van der Waals surface area contributed by atoms with Crippen molar-refractivity contribution in [1.29, 1.82) is 0 Å². The van der Waals surface area contributed by atoms with Gasteiger partial charge in [-0.1, -0.05) is 12.8 Å². The van der Waals surface area contributed by atoms with Gasteiger partial charge in [-0.15, -0.1) is 0 Å². The van der Waals surface area contributed by atoms with Gasteiger partial charge in [0.05, 0.1) is 17.8 Å². The Morgan fingerprint density at radius 3 is 2.37 bits per heavy atom. The molecule has 0 aliphatic heterocycles. The van der Waals surface area contributed by atoms with E-state index in [0.717, 1.165) is 12.8 Å². The molecule has 4 nitrogen and oxygen atoms in total. The monoisotopic (exact) mass is 283 g/mol. The van der Waals surface area contributed by atoms with Crippen molar-refractivity contribution >= 4 is 9.84 Å². The number of hydrogen-bond donors (Lipinski definition) is 1. The van der Waals surface area contributed by atoms with E-state index in [0.29, 0.717) is 16.6 Å². The lowest BCUT2D eigenvalue weighted by atomic mass is 10.0. The zero-order chi connectivity index (χ0) is 13.9. The molecular weight excluding hydrogens is 262 g/mol. The normalized spacial score (nSPS) is 18.4. The Bertz CT molecular complexity index is 504. The summed E-state index contributed by atoms with van der Waals surface area (Å²) in [6, 6.07) is 6.22. The fourth-order valence-electron chi connectivity index (χ4n) is 2.65. The van der Waals surface area contributed by atoms with Crippen LogP contribution in [0, 0.1) is 5.92 Å². The van der Waals surface area contributed by atoms with Crippen molar-refractivity contribution in [2.75, 3.05) is 12.9 Å². The Labute approximate surface area is 114 Å². The lowest BCUT2D eigenvalue weighted by Gasteiger charge is -2.18. The maximum atomic E-state index is 12.3. The minimum absolute atomic E-state index is 0.0317. The van der Waals surface area contributed by atoms with E-state index in [1.165, 1.54) is 12.8 Å². The second-order valence-electron chi connectivity index (χ2n) is 5.17. The molecule has 1 saturated carbocycles. The van der Waals surface area contributed by atoms with Gasteiger partial charge in [-0.3, -0.25) is 0 Å². The van der Waals surface area contributed by atoms with Gasteiger partial charge in [-0.2, -0.15) is 0 Å². The average Bonchev–Trinajstić information content (AvgIpc) is 2.92. The first-order valence-corrected chi connectivity index (χ1v) is 8.30. The van der Waals surface area contributed by atoms with Gasteiger partial charge in [0.25, 0.3) is 0 Å². The van der Waals surface area contributed by atoms with E-state index in [9.17, 15) is 8.42 Å². The fraction of sp³-hybridized carbons (Fsp3) is 0.571. The first kappa shape index (κ1) is 14.3. The predicted octanol–water partition coefficient (Wildman–Crippen LogP) is 1.99. The first-order chi connectivity index (χ1) is 9.03. The number of nitrogens with two attached hydrogens (primary N) is 1. The Balaban J connectivity index is 2.08. The van der Waals surface area contributed by atoms with Crippen molar-refractivity contribution in [2.45, 2.75) is 36.6 Å². The number of hydrogen-bond acceptors (Lipinski definition) is 4. The molecule has 1 aliphatic rings. The molecule has 0 radical (unpaired) electrons. The molecule has 1 aliphatic carbocycles. The Hall–Kier alpha value is -1.07. The predicted molar refractivity (Wildman–Crippen MR) is 75.0 cm³/mol. The molecule has 0 aromatic heterocycles. The Kier molecular flexibility index (Phi) is 4.47. The van der Waals surface area contributed by atoms with Crippen molar-refractivity contribution in [2.24, 2.45) is 11.7 Å². The summed E-state index contributed by atoms with van der Waals surface area (Å²) in [6.07, 6.45) is 4.44. The maximum Gasteiger partial charge on any atom is 0.179 e. The highest BCUT2D eigenvalue weighted by Gasteiger charge is 2.27. The largest absolute Gasteiger partial charge is 0.497 e. The average molecular weight is 283 g/mol. The van der Waals surface area contributed by atoms with E-state index in [-0.39, 0.29) is 11.8 Å². The Morgan fingerprint density at radius 1 is 1.26 bits per heavy atom. The zero-order valence-electron chi connectivity index (χ0n) is 11.2. The van der Waals surface area contributed by atoms with Crippen LogP contribution < -0.4 is 10.5 Å². The highest BCUT2D eigenvalue weighted by atomic mass is 32.2. The summed E-state index contributed by atoms with van der Waals surface area (Å²) in [5.41, 5.74) is 6.05. The summed E-state index contributed by atoms with van der Waals surface area (Å²) < 4.78 is 29.6. The van der Waals surface area contributed by atoms with Crippen LogP contribution >= 0.6 is 0 Å². The number of rotatable bonds is 5. The van der Waals surface area contributed by atoms with Gasteiger partial charge in [0.1, 0.15) is 5.75 Å². The molecule has 0 saturated heterocycles. The highest BCUT2D eigenvalue weighted by molar-refractivity contribution is 7.91. The molecule has 0 heterocycles. The molecule has 1 fully saturated rings. The summed E-state index contributed by atoms with van der Waals surface area (Å²) in [6.45, 7) is 0. The van der Waals surface area contributed by atoms with Crippen LogP contribution in [0.3, 0.4) is 0 Å². The third-order valence-corrected chi connectivity index (χ3v) is 5.65. The SMILES string of the molecule is COc1ccc(S(=O)(=O)CC(N)C2CCCC2)cc1. The van der Waals surface area contributed by atoms with E-state index in [2.05, 4.69) is 0 Å². The number of ether oxygens (including phenoxy) is 1. The van der Waals surface area contributed by atoms with Crippen molar-refractivity contribution in [3.8, 4) is 5.75 Å². The minimum Gasteiger partial charge on any atom is -0.497 e. The smallest absolute Gasteiger partial charge is 0.179 e. The molecule has 0 spiro atoms. The molecule has 2 rings (SSSR count). The molecule has 1 aromatic rings. The van der Waals surface area contributed by atoms with Crippen molar-refractivity contribution in [3.63, 3.8) is 0 Å². The van der Waals surface area contributed by atoms with Gasteiger partial charge < -0.3 is 10.5 Å². The third-order valence-electron chi connectivity index (χ3n) is 3.84. The van der Waals surface area contributed by atoms with Gasteiger partial charge in [0, 0.05) is 6.04 Å². The van der Waals surface area contributed by atoms with Crippen LogP contribution in [0.5, 0.6) is 5.75 Å². The summed E-state index contributed by atoms with van der Waals surface area (Å²) in [4.78, 5) is 0.321. The lowest BCUT2D eigenvalue weighted by Crippen LogP contribution is -2.35. The van der Waals surface area contributed by atoms with Crippen molar-refractivity contribution in [3.05, 3.63) is 24.3 Å². The Morgan fingerprint density at radius 2 is 1.84 bits per heavy atom. The minimum atomic E-state index is -3.30. The molecule has 1 aromatic carbocycles. The lowest BCUT2D eigenvalue weighted by molar-refractivity contribution is 0.414. The van der Waals surface area contributed by atoms with E-state index >= 15 is 0 Å². The molecule has 0 amide bonds. The van der Waals surface area contributed by atoms with Crippen LogP contribution in [0.4, 0.5) is 0 Å². The van der Waals surface area contributed by atoms with Gasteiger partial charge in [-0.05, 0) is 43.0 Å². The second-order valence-corrected chi connectivity index (χ2v) is 7.20. The second kappa shape index (κ2) is 5.92. The van der Waals surface area contributed by atoms with Gasteiger partial charge >= 0.3 is 0 Å². The van der Waals surface area contributed by atoms with Gasteiger partial charge in [0.2, 0.25) is 0 Å². The van der Waals surface area contributed by atoms with Crippen LogP contribution in [0.1, 0.15) is 25.7 Å². The van der Waals surface area contributed by atoms with Crippen LogP contribution in [0.2, 0.25) is 0 Å². The number of benzene rings is 1. The summed E-state index contributed by atoms with van der Waals surface area (Å²) in [5, 5.41) is 0. The van der Waals surface area contributed by atoms with Crippen LogP contribution in [0.15, 0.2) is 29.2 Å². The molecule has 2 N–H and O–H groups in total. The topological polar surface area (TPSA) is 69.4 Å². The third kappa shape index (κ3) is 3.48. The molecular formula is C14H21NO3S. The quantitative estimate of drug-likeness (QED) is 0.897. The van der Waals surface area contributed by atoms with Crippen molar-refractivity contribution < 1.29 is 13.2 Å². The van der Waals surface area contributed by atoms with E-state index in [1.54, 1.807) is 31.4 Å². The van der Waals surface area contributed by atoms with Crippen molar-refractivity contribution in [1.82, 2.24) is 0 Å². The standard InChI is InChI=1S/C14H21NO3S/c1-18-12-6-8-13(9-7-12)19(16,17)10-14(15)11-4-2-3-5-11/h6-9,11,14H,2-5,10,15H2,1H3. The molecule has 0 bridgehead atoms. The molecule has 1 atom stereocenters. The molecule has 1 unspecified atom stereocenters.